The summed E-state index contributed by atoms with van der Waals surface area (Å²) in [6.45, 7) is 8.27. The van der Waals surface area contributed by atoms with E-state index >= 15 is 0 Å². The van der Waals surface area contributed by atoms with Crippen LogP contribution in [0.1, 0.15) is 27.7 Å². The van der Waals surface area contributed by atoms with Gasteiger partial charge in [0.2, 0.25) is 0 Å². The third-order valence-electron chi connectivity index (χ3n) is 4.22. The molecule has 1 atom stereocenters. The number of carbonyl (C=O) groups excluding carboxylic acids is 1. The monoisotopic (exact) mass is 291 g/mol. The minimum Gasteiger partial charge on any atom is -0.495 e. The maximum atomic E-state index is 12.6. The molecule has 4 heteroatoms. The van der Waals surface area contributed by atoms with E-state index in [1.165, 1.54) is 0 Å². The van der Waals surface area contributed by atoms with Crippen molar-refractivity contribution in [2.45, 2.75) is 38.9 Å². The highest BCUT2D eigenvalue weighted by Gasteiger charge is 2.53. The first kappa shape index (κ1) is 15.8. The molecule has 1 saturated heterocycles. The van der Waals surface area contributed by atoms with Crippen molar-refractivity contribution in [3.05, 3.63) is 24.3 Å². The Bertz CT molecular complexity index is 537. The second-order valence-corrected chi connectivity index (χ2v) is 6.69. The van der Waals surface area contributed by atoms with Gasteiger partial charge in [0.05, 0.1) is 24.3 Å². The van der Waals surface area contributed by atoms with Crippen LogP contribution in [0.2, 0.25) is 0 Å². The number of methoxy groups -OCH3 is 1. The van der Waals surface area contributed by atoms with Crippen LogP contribution < -0.4 is 9.64 Å². The van der Waals surface area contributed by atoms with Crippen molar-refractivity contribution >= 4 is 11.5 Å². The average Bonchev–Trinajstić information content (AvgIpc) is 2.56. The Balaban J connectivity index is 2.23. The van der Waals surface area contributed by atoms with Crippen molar-refractivity contribution in [1.29, 1.82) is 0 Å². The molecule has 0 aliphatic carbocycles. The number of hydrogen-bond acceptors (Lipinski definition) is 4. The van der Waals surface area contributed by atoms with Crippen molar-refractivity contribution < 1.29 is 14.3 Å². The van der Waals surface area contributed by atoms with Crippen molar-refractivity contribution in [3.8, 4) is 5.75 Å². The van der Waals surface area contributed by atoms with Crippen molar-refractivity contribution in [1.82, 2.24) is 0 Å². The summed E-state index contributed by atoms with van der Waals surface area (Å²) in [5.41, 5.74) is -0.194. The van der Waals surface area contributed by atoms with Gasteiger partial charge in [-0.05, 0) is 39.8 Å². The molecule has 0 saturated carbocycles. The fraction of sp³-hybridized carbons (Fsp3) is 0.588. The summed E-state index contributed by atoms with van der Waals surface area (Å²) in [5, 5.41) is 0. The molecule has 0 bridgehead atoms. The molecule has 1 unspecified atom stereocenters. The van der Waals surface area contributed by atoms with Gasteiger partial charge in [0.1, 0.15) is 11.4 Å². The third-order valence-corrected chi connectivity index (χ3v) is 4.22. The van der Waals surface area contributed by atoms with Crippen LogP contribution in [0.3, 0.4) is 0 Å². The standard InChI is InChI=1S/C17H25NO3/c1-16(2)12(15(19)17(3,4)21-16)11-18(5)13-9-7-8-10-14(13)20-6/h7-10,12H,11H2,1-6H3. The molecule has 1 heterocycles. The summed E-state index contributed by atoms with van der Waals surface area (Å²) >= 11 is 0. The number of para-hydroxylation sites is 2. The van der Waals surface area contributed by atoms with E-state index in [1.807, 2.05) is 59.0 Å². The van der Waals surface area contributed by atoms with Crippen LogP contribution in [0.5, 0.6) is 5.75 Å². The number of rotatable bonds is 4. The quantitative estimate of drug-likeness (QED) is 0.855. The number of anilines is 1. The van der Waals surface area contributed by atoms with Crippen molar-refractivity contribution in [2.24, 2.45) is 5.92 Å². The Labute approximate surface area is 127 Å². The lowest BCUT2D eigenvalue weighted by Crippen LogP contribution is -2.39. The normalized spacial score (nSPS) is 23.1. The topological polar surface area (TPSA) is 38.8 Å². The summed E-state index contributed by atoms with van der Waals surface area (Å²) in [6, 6.07) is 7.83. The molecule has 0 radical (unpaired) electrons. The maximum Gasteiger partial charge on any atom is 0.171 e. The van der Waals surface area contributed by atoms with Crippen LogP contribution in [-0.2, 0) is 9.53 Å². The van der Waals surface area contributed by atoms with Gasteiger partial charge in [-0.25, -0.2) is 0 Å². The summed E-state index contributed by atoms with van der Waals surface area (Å²) in [7, 11) is 3.64. The van der Waals surface area contributed by atoms with Crippen LogP contribution in [0.4, 0.5) is 5.69 Å². The average molecular weight is 291 g/mol. The summed E-state index contributed by atoms with van der Waals surface area (Å²) in [6.07, 6.45) is 0. The molecule has 0 aromatic heterocycles. The van der Waals surface area contributed by atoms with Crippen LogP contribution in [0, 0.1) is 5.92 Å². The van der Waals surface area contributed by atoms with Crippen LogP contribution in [0.25, 0.3) is 0 Å². The van der Waals surface area contributed by atoms with Gasteiger partial charge in [-0.3, -0.25) is 4.79 Å². The highest BCUT2D eigenvalue weighted by molar-refractivity contribution is 5.92. The van der Waals surface area contributed by atoms with E-state index in [9.17, 15) is 4.79 Å². The SMILES string of the molecule is COc1ccccc1N(C)CC1C(=O)C(C)(C)OC1(C)C. The molecule has 0 amide bonds. The third kappa shape index (κ3) is 2.91. The molecule has 0 N–H and O–H groups in total. The fourth-order valence-electron chi connectivity index (χ4n) is 3.13. The lowest BCUT2D eigenvalue weighted by Gasteiger charge is -2.30. The molecule has 1 aliphatic rings. The van der Waals surface area contributed by atoms with Crippen molar-refractivity contribution in [2.75, 3.05) is 25.6 Å². The first-order chi connectivity index (χ1) is 9.69. The number of hydrogen-bond donors (Lipinski definition) is 0. The van der Waals surface area contributed by atoms with Crippen molar-refractivity contribution in [3.63, 3.8) is 0 Å². The van der Waals surface area contributed by atoms with Crippen LogP contribution in [0.15, 0.2) is 24.3 Å². The molecule has 1 aliphatic heterocycles. The Morgan fingerprint density at radius 1 is 1.24 bits per heavy atom. The molecular weight excluding hydrogens is 266 g/mol. The van der Waals surface area contributed by atoms with Gasteiger partial charge in [-0.1, -0.05) is 12.1 Å². The molecule has 1 fully saturated rings. The minimum absolute atomic E-state index is 0.161. The summed E-state index contributed by atoms with van der Waals surface area (Å²) in [5.74, 6) is 0.806. The zero-order valence-corrected chi connectivity index (χ0v) is 13.8. The number of carbonyl (C=O) groups is 1. The highest BCUT2D eigenvalue weighted by atomic mass is 16.5. The smallest absolute Gasteiger partial charge is 0.171 e. The van der Waals surface area contributed by atoms with Gasteiger partial charge in [-0.2, -0.15) is 0 Å². The van der Waals surface area contributed by atoms with Gasteiger partial charge >= 0.3 is 0 Å². The zero-order valence-electron chi connectivity index (χ0n) is 13.8. The Hall–Kier alpha value is -1.55. The maximum absolute atomic E-state index is 12.6. The Morgan fingerprint density at radius 3 is 2.38 bits per heavy atom. The van der Waals surface area contributed by atoms with Gasteiger partial charge in [0.15, 0.2) is 5.78 Å². The molecule has 4 nitrogen and oxygen atoms in total. The Morgan fingerprint density at radius 2 is 1.86 bits per heavy atom. The number of ketones is 1. The fourth-order valence-corrected chi connectivity index (χ4v) is 3.13. The number of benzene rings is 1. The molecule has 116 valence electrons. The summed E-state index contributed by atoms with van der Waals surface area (Å²) < 4.78 is 11.3. The first-order valence-corrected chi connectivity index (χ1v) is 7.27. The van der Waals surface area contributed by atoms with Crippen LogP contribution in [-0.4, -0.2) is 37.7 Å². The van der Waals surface area contributed by atoms with Gasteiger partial charge in [0, 0.05) is 13.6 Å². The molecule has 2 rings (SSSR count). The van der Waals surface area contributed by atoms with Gasteiger partial charge < -0.3 is 14.4 Å². The number of Topliss-reactive ketones (excluding diaryl/α,β-unsaturated/α-hetero) is 1. The lowest BCUT2D eigenvalue weighted by molar-refractivity contribution is -0.132. The van der Waals surface area contributed by atoms with E-state index in [2.05, 4.69) is 4.90 Å². The molecule has 21 heavy (non-hydrogen) atoms. The summed E-state index contributed by atoms with van der Waals surface area (Å²) in [4.78, 5) is 14.6. The number of nitrogens with zero attached hydrogens (tertiary/aromatic N) is 1. The van der Waals surface area contributed by atoms with Crippen LogP contribution >= 0.6 is 0 Å². The highest BCUT2D eigenvalue weighted by Crippen LogP contribution is 2.40. The van der Waals surface area contributed by atoms with Gasteiger partial charge in [0.25, 0.3) is 0 Å². The second kappa shape index (κ2) is 5.34. The second-order valence-electron chi connectivity index (χ2n) is 6.69. The zero-order chi connectivity index (χ0) is 15.8. The molecular formula is C17H25NO3. The van der Waals surface area contributed by atoms with E-state index in [4.69, 9.17) is 9.47 Å². The molecule has 0 spiro atoms. The van der Waals surface area contributed by atoms with E-state index in [0.717, 1.165) is 11.4 Å². The lowest BCUT2D eigenvalue weighted by atomic mass is 9.85. The largest absolute Gasteiger partial charge is 0.495 e. The van der Waals surface area contributed by atoms with E-state index in [-0.39, 0.29) is 11.7 Å². The first-order valence-electron chi connectivity index (χ1n) is 7.27. The Kier molecular flexibility index (Phi) is 4.02. The predicted molar refractivity (Wildman–Crippen MR) is 84.0 cm³/mol. The molecule has 1 aromatic carbocycles. The van der Waals surface area contributed by atoms with Gasteiger partial charge in [-0.15, -0.1) is 0 Å². The van der Waals surface area contributed by atoms with E-state index in [0.29, 0.717) is 6.54 Å². The number of ether oxygens (including phenoxy) is 2. The minimum atomic E-state index is -0.713. The van der Waals surface area contributed by atoms with E-state index in [1.54, 1.807) is 7.11 Å². The molecule has 1 aromatic rings. The van der Waals surface area contributed by atoms with E-state index < -0.39 is 11.2 Å². The predicted octanol–water partition coefficient (Wildman–Crippen LogP) is 2.90.